The molecule has 0 saturated carbocycles. The number of aromatic nitrogens is 1. The molecule has 0 fully saturated rings. The summed E-state index contributed by atoms with van der Waals surface area (Å²) < 4.78 is 6.04. The van der Waals surface area contributed by atoms with Gasteiger partial charge in [-0.2, -0.15) is 0 Å². The normalized spacial score (nSPS) is 12.5. The van der Waals surface area contributed by atoms with E-state index in [1.165, 1.54) is 12.1 Å². The van der Waals surface area contributed by atoms with Gasteiger partial charge in [-0.3, -0.25) is 4.84 Å². The maximum absolute atomic E-state index is 12.1. The van der Waals surface area contributed by atoms with Crippen LogP contribution in [0.5, 0.6) is 11.8 Å². The zero-order valence-electron chi connectivity index (χ0n) is 12.4. The van der Waals surface area contributed by atoms with Crippen molar-refractivity contribution in [1.82, 2.24) is 4.73 Å². The number of hydrogen-bond donors (Lipinski definition) is 2. The molecule has 0 radical (unpaired) electrons. The summed E-state index contributed by atoms with van der Waals surface area (Å²) in [6.07, 6.45) is -1.64. The topological polar surface area (TPSA) is 80.9 Å². The van der Waals surface area contributed by atoms with Crippen LogP contribution in [-0.4, -0.2) is 21.1 Å². The number of aromatic hydroxyl groups is 2. The minimum absolute atomic E-state index is 0.406. The van der Waals surface area contributed by atoms with Gasteiger partial charge in [-0.1, -0.05) is 48.5 Å². The van der Waals surface area contributed by atoms with E-state index in [1.54, 1.807) is 0 Å². The summed E-state index contributed by atoms with van der Waals surface area (Å²) in [4.78, 5) is 17.0. The zero-order valence-corrected chi connectivity index (χ0v) is 12.4. The third-order valence-electron chi connectivity index (χ3n) is 3.95. The maximum Gasteiger partial charge on any atom is 0.534 e. The summed E-state index contributed by atoms with van der Waals surface area (Å²) in [5, 5.41) is 19.1. The lowest BCUT2D eigenvalue weighted by molar-refractivity contribution is 0.0195. The third-order valence-corrected chi connectivity index (χ3v) is 3.95. The fraction of sp³-hybridized carbons (Fsp3) is 0.0556. The number of carbonyl (C=O) groups is 1. The summed E-state index contributed by atoms with van der Waals surface area (Å²) in [6.45, 7) is 0. The Bertz CT molecular complexity index is 866. The van der Waals surface area contributed by atoms with Gasteiger partial charge in [0.15, 0.2) is 6.10 Å². The van der Waals surface area contributed by atoms with E-state index in [0.29, 0.717) is 4.73 Å². The second-order valence-corrected chi connectivity index (χ2v) is 5.36. The first-order valence-corrected chi connectivity index (χ1v) is 7.32. The molecular formula is C18H13NO5. The van der Waals surface area contributed by atoms with Crippen LogP contribution in [0, 0.1) is 0 Å². The first-order chi connectivity index (χ1) is 11.6. The Hall–Kier alpha value is -3.41. The Morgan fingerprint density at radius 3 is 1.88 bits per heavy atom. The molecule has 2 N–H and O–H groups in total. The summed E-state index contributed by atoms with van der Waals surface area (Å²) in [7, 11) is 0. The van der Waals surface area contributed by atoms with Gasteiger partial charge in [0.2, 0.25) is 11.8 Å². The van der Waals surface area contributed by atoms with Gasteiger partial charge in [-0.25, -0.2) is 4.79 Å². The predicted molar refractivity (Wildman–Crippen MR) is 84.5 cm³/mol. The molecule has 6 nitrogen and oxygen atoms in total. The van der Waals surface area contributed by atoms with Crippen molar-refractivity contribution >= 4 is 6.16 Å². The SMILES string of the molecule is O=C(OC1c2ccccc2-c2ccccc21)On1c(O)ccc1O. The van der Waals surface area contributed by atoms with Crippen molar-refractivity contribution < 1.29 is 24.6 Å². The molecule has 120 valence electrons. The molecule has 4 rings (SSSR count). The van der Waals surface area contributed by atoms with Gasteiger partial charge < -0.3 is 14.9 Å². The van der Waals surface area contributed by atoms with Crippen molar-refractivity contribution in [2.75, 3.05) is 0 Å². The summed E-state index contributed by atoms with van der Waals surface area (Å²) >= 11 is 0. The van der Waals surface area contributed by atoms with E-state index in [0.717, 1.165) is 22.3 Å². The van der Waals surface area contributed by atoms with Crippen molar-refractivity contribution in [2.45, 2.75) is 6.10 Å². The Labute approximate surface area is 137 Å². The number of hydrogen-bond acceptors (Lipinski definition) is 5. The van der Waals surface area contributed by atoms with E-state index in [-0.39, 0.29) is 0 Å². The lowest BCUT2D eigenvalue weighted by Gasteiger charge is -2.15. The standard InChI is InChI=1S/C18H13NO5/c20-15-9-10-16(21)19(15)24-18(22)23-17-13-7-3-1-5-11(13)12-6-2-4-8-14(12)17/h1-10,17,20-21H. The van der Waals surface area contributed by atoms with Crippen LogP contribution >= 0.6 is 0 Å². The highest BCUT2D eigenvalue weighted by Gasteiger charge is 2.32. The molecule has 1 aliphatic carbocycles. The molecular weight excluding hydrogens is 310 g/mol. The first kappa shape index (κ1) is 14.2. The quantitative estimate of drug-likeness (QED) is 0.708. The molecule has 6 heteroatoms. The lowest BCUT2D eigenvalue weighted by Crippen LogP contribution is -2.22. The Morgan fingerprint density at radius 1 is 0.833 bits per heavy atom. The van der Waals surface area contributed by atoms with E-state index < -0.39 is 24.0 Å². The van der Waals surface area contributed by atoms with E-state index in [2.05, 4.69) is 0 Å². The third kappa shape index (κ3) is 2.16. The van der Waals surface area contributed by atoms with Crippen LogP contribution in [0.15, 0.2) is 60.7 Å². The maximum atomic E-state index is 12.1. The largest absolute Gasteiger partial charge is 0.534 e. The average Bonchev–Trinajstić information content (AvgIpc) is 3.08. The predicted octanol–water partition coefficient (Wildman–Crippen LogP) is 3.23. The van der Waals surface area contributed by atoms with Crippen LogP contribution in [0.2, 0.25) is 0 Å². The molecule has 0 unspecified atom stereocenters. The Balaban J connectivity index is 1.64. The number of ether oxygens (including phenoxy) is 1. The molecule has 0 amide bonds. The molecule has 0 bridgehead atoms. The van der Waals surface area contributed by atoms with Crippen LogP contribution in [0.1, 0.15) is 17.2 Å². The molecule has 3 aromatic rings. The summed E-state index contributed by atoms with van der Waals surface area (Å²) in [5.41, 5.74) is 3.71. The minimum atomic E-state index is -1.03. The van der Waals surface area contributed by atoms with Crippen molar-refractivity contribution in [3.63, 3.8) is 0 Å². The number of nitrogens with zero attached hydrogens (tertiary/aromatic N) is 1. The van der Waals surface area contributed by atoms with Crippen molar-refractivity contribution in [3.8, 4) is 22.9 Å². The number of carbonyl (C=O) groups excluding carboxylic acids is 1. The van der Waals surface area contributed by atoms with Gasteiger partial charge in [0.1, 0.15) is 0 Å². The van der Waals surface area contributed by atoms with Crippen LogP contribution in [-0.2, 0) is 4.74 Å². The molecule has 0 saturated heterocycles. The molecule has 24 heavy (non-hydrogen) atoms. The summed E-state index contributed by atoms with van der Waals surface area (Å²) in [6, 6.07) is 17.7. The molecule has 2 aromatic carbocycles. The van der Waals surface area contributed by atoms with Crippen LogP contribution < -0.4 is 4.84 Å². The monoisotopic (exact) mass is 323 g/mol. The first-order valence-electron chi connectivity index (χ1n) is 7.32. The molecule has 0 spiro atoms. The van der Waals surface area contributed by atoms with Crippen molar-refractivity contribution in [3.05, 3.63) is 71.8 Å². The Morgan fingerprint density at radius 2 is 1.33 bits per heavy atom. The number of fused-ring (bicyclic) bond motifs is 3. The van der Waals surface area contributed by atoms with E-state index in [9.17, 15) is 15.0 Å². The fourth-order valence-electron chi connectivity index (χ4n) is 2.92. The summed E-state index contributed by atoms with van der Waals surface area (Å²) in [5.74, 6) is -0.812. The lowest BCUT2D eigenvalue weighted by atomic mass is 10.1. The van der Waals surface area contributed by atoms with Crippen molar-refractivity contribution in [2.24, 2.45) is 0 Å². The van der Waals surface area contributed by atoms with Gasteiger partial charge in [-0.05, 0) is 11.1 Å². The van der Waals surface area contributed by atoms with Crippen LogP contribution in [0.4, 0.5) is 4.79 Å². The second kappa shape index (κ2) is 5.34. The molecule has 1 aliphatic rings. The van der Waals surface area contributed by atoms with E-state index >= 15 is 0 Å². The number of rotatable bonds is 2. The second-order valence-electron chi connectivity index (χ2n) is 5.36. The van der Waals surface area contributed by atoms with Gasteiger partial charge in [0.05, 0.1) is 0 Å². The van der Waals surface area contributed by atoms with Gasteiger partial charge in [0, 0.05) is 23.3 Å². The molecule has 1 heterocycles. The van der Waals surface area contributed by atoms with E-state index in [1.807, 2.05) is 48.5 Å². The van der Waals surface area contributed by atoms with Crippen LogP contribution in [0.25, 0.3) is 11.1 Å². The van der Waals surface area contributed by atoms with Gasteiger partial charge in [-0.15, -0.1) is 4.73 Å². The van der Waals surface area contributed by atoms with Gasteiger partial charge in [0.25, 0.3) is 0 Å². The Kier molecular flexibility index (Phi) is 3.16. The average molecular weight is 323 g/mol. The van der Waals surface area contributed by atoms with E-state index in [4.69, 9.17) is 9.57 Å². The highest BCUT2D eigenvalue weighted by atomic mass is 16.8. The van der Waals surface area contributed by atoms with Gasteiger partial charge >= 0.3 is 6.16 Å². The fourth-order valence-corrected chi connectivity index (χ4v) is 2.92. The molecule has 1 aromatic heterocycles. The molecule has 0 aliphatic heterocycles. The van der Waals surface area contributed by atoms with Crippen LogP contribution in [0.3, 0.4) is 0 Å². The molecule has 0 atom stereocenters. The number of benzene rings is 2. The zero-order chi connectivity index (χ0) is 16.7. The smallest absolute Gasteiger partial charge is 0.492 e. The highest BCUT2D eigenvalue weighted by molar-refractivity contribution is 5.79. The van der Waals surface area contributed by atoms with Crippen molar-refractivity contribution in [1.29, 1.82) is 0 Å². The highest BCUT2D eigenvalue weighted by Crippen LogP contribution is 2.45. The minimum Gasteiger partial charge on any atom is -0.492 e.